The molecular formula is C21H30N4O2. The Morgan fingerprint density at radius 1 is 1.00 bits per heavy atom. The van der Waals surface area contributed by atoms with E-state index >= 15 is 0 Å². The second-order valence-electron chi connectivity index (χ2n) is 7.95. The zero-order chi connectivity index (χ0) is 19.7. The third-order valence-corrected chi connectivity index (χ3v) is 5.22. The highest BCUT2D eigenvalue weighted by atomic mass is 16.2. The number of benzene rings is 1. The van der Waals surface area contributed by atoms with Crippen LogP contribution in [0.15, 0.2) is 18.2 Å². The maximum atomic E-state index is 13.0. The number of hydrogen-bond donors (Lipinski definition) is 0. The van der Waals surface area contributed by atoms with E-state index in [1.54, 1.807) is 0 Å². The lowest BCUT2D eigenvalue weighted by Gasteiger charge is -2.23. The van der Waals surface area contributed by atoms with Crippen LogP contribution in [-0.4, -0.2) is 57.3 Å². The fraction of sp³-hybridized carbons (Fsp3) is 0.571. The number of carbonyl (C=O) groups excluding carboxylic acids is 2. The first kappa shape index (κ1) is 19.4. The summed E-state index contributed by atoms with van der Waals surface area (Å²) in [7, 11) is 0. The van der Waals surface area contributed by atoms with E-state index in [4.69, 9.17) is 0 Å². The Bertz CT molecular complexity index is 853. The molecule has 0 unspecified atom stereocenters. The SMILES string of the molecule is Cc1nc2cc(C(=O)N3CCCN(C(=O)C(C)C)CC3)ccc2n1C(C)C. The van der Waals surface area contributed by atoms with Gasteiger partial charge in [-0.1, -0.05) is 13.8 Å². The standard InChI is InChI=1S/C21H30N4O2/c1-14(2)20(26)23-9-6-10-24(12-11-23)21(27)17-7-8-19-18(13-17)22-16(5)25(19)15(3)4/h7-8,13-15H,6,9-12H2,1-5H3. The molecule has 0 atom stereocenters. The number of amides is 2. The highest BCUT2D eigenvalue weighted by molar-refractivity contribution is 5.97. The fourth-order valence-electron chi connectivity index (χ4n) is 3.89. The van der Waals surface area contributed by atoms with Crippen molar-refractivity contribution in [3.63, 3.8) is 0 Å². The molecule has 0 radical (unpaired) electrons. The fourth-order valence-corrected chi connectivity index (χ4v) is 3.89. The van der Waals surface area contributed by atoms with Crippen LogP contribution in [0.5, 0.6) is 0 Å². The third kappa shape index (κ3) is 3.84. The molecule has 2 amide bonds. The minimum absolute atomic E-state index is 0.00559. The topological polar surface area (TPSA) is 58.4 Å². The summed E-state index contributed by atoms with van der Waals surface area (Å²) < 4.78 is 2.19. The molecule has 6 heteroatoms. The van der Waals surface area contributed by atoms with Gasteiger partial charge in [0.05, 0.1) is 11.0 Å². The van der Waals surface area contributed by atoms with Gasteiger partial charge >= 0.3 is 0 Å². The molecule has 1 fully saturated rings. The Morgan fingerprint density at radius 3 is 2.33 bits per heavy atom. The summed E-state index contributed by atoms with van der Waals surface area (Å²) >= 11 is 0. The van der Waals surface area contributed by atoms with E-state index < -0.39 is 0 Å². The summed E-state index contributed by atoms with van der Waals surface area (Å²) in [5.41, 5.74) is 2.58. The Labute approximate surface area is 161 Å². The van der Waals surface area contributed by atoms with Gasteiger partial charge < -0.3 is 14.4 Å². The van der Waals surface area contributed by atoms with Crippen molar-refractivity contribution in [2.75, 3.05) is 26.2 Å². The second kappa shape index (κ2) is 7.71. The zero-order valence-corrected chi connectivity index (χ0v) is 17.0. The Balaban J connectivity index is 1.78. The number of nitrogens with zero attached hydrogens (tertiary/aromatic N) is 4. The van der Waals surface area contributed by atoms with E-state index in [0.29, 0.717) is 31.2 Å². The van der Waals surface area contributed by atoms with Gasteiger partial charge in [-0.25, -0.2) is 4.98 Å². The van der Waals surface area contributed by atoms with E-state index in [0.717, 1.165) is 29.8 Å². The van der Waals surface area contributed by atoms with Gasteiger partial charge in [0.25, 0.3) is 5.91 Å². The van der Waals surface area contributed by atoms with Crippen molar-refractivity contribution in [1.29, 1.82) is 0 Å². The van der Waals surface area contributed by atoms with E-state index in [2.05, 4.69) is 23.4 Å². The van der Waals surface area contributed by atoms with Gasteiger partial charge in [0, 0.05) is 43.7 Å². The van der Waals surface area contributed by atoms with Crippen LogP contribution in [-0.2, 0) is 4.79 Å². The first-order valence-corrected chi connectivity index (χ1v) is 9.86. The average Bonchev–Trinajstić information content (AvgIpc) is 2.79. The van der Waals surface area contributed by atoms with Crippen LogP contribution < -0.4 is 0 Å². The summed E-state index contributed by atoms with van der Waals surface area (Å²) in [5, 5.41) is 0. The van der Waals surface area contributed by atoms with Crippen LogP contribution in [0, 0.1) is 12.8 Å². The Morgan fingerprint density at radius 2 is 1.67 bits per heavy atom. The molecule has 1 aliphatic heterocycles. The average molecular weight is 370 g/mol. The van der Waals surface area contributed by atoms with Crippen molar-refractivity contribution in [2.45, 2.75) is 47.1 Å². The van der Waals surface area contributed by atoms with Crippen molar-refractivity contribution in [3.05, 3.63) is 29.6 Å². The predicted molar refractivity (Wildman–Crippen MR) is 107 cm³/mol. The highest BCUT2D eigenvalue weighted by Crippen LogP contribution is 2.22. The van der Waals surface area contributed by atoms with Gasteiger partial charge in [-0.15, -0.1) is 0 Å². The van der Waals surface area contributed by atoms with E-state index in [-0.39, 0.29) is 17.7 Å². The first-order chi connectivity index (χ1) is 12.8. The zero-order valence-electron chi connectivity index (χ0n) is 17.0. The smallest absolute Gasteiger partial charge is 0.253 e. The van der Waals surface area contributed by atoms with Gasteiger partial charge in [0.1, 0.15) is 5.82 Å². The molecule has 27 heavy (non-hydrogen) atoms. The monoisotopic (exact) mass is 370 g/mol. The summed E-state index contributed by atoms with van der Waals surface area (Å²) in [6.07, 6.45) is 0.813. The lowest BCUT2D eigenvalue weighted by Crippen LogP contribution is -2.38. The normalized spacial score (nSPS) is 15.7. The highest BCUT2D eigenvalue weighted by Gasteiger charge is 2.24. The quantitative estimate of drug-likeness (QED) is 0.833. The second-order valence-corrected chi connectivity index (χ2v) is 7.95. The van der Waals surface area contributed by atoms with Gasteiger partial charge in [0.15, 0.2) is 0 Å². The molecule has 1 aliphatic rings. The largest absolute Gasteiger partial charge is 0.341 e. The number of aromatic nitrogens is 2. The number of imidazole rings is 1. The van der Waals surface area contributed by atoms with Crippen LogP contribution >= 0.6 is 0 Å². The van der Waals surface area contributed by atoms with Gasteiger partial charge in [0.2, 0.25) is 5.91 Å². The molecule has 0 N–H and O–H groups in total. The molecule has 2 aromatic rings. The summed E-state index contributed by atoms with van der Waals surface area (Å²) in [5.74, 6) is 1.14. The molecule has 1 aromatic carbocycles. The van der Waals surface area contributed by atoms with Crippen LogP contribution in [0.3, 0.4) is 0 Å². The van der Waals surface area contributed by atoms with Crippen LogP contribution in [0.1, 0.15) is 56.3 Å². The number of hydrogen-bond acceptors (Lipinski definition) is 3. The van der Waals surface area contributed by atoms with Crippen molar-refractivity contribution in [3.8, 4) is 0 Å². The molecule has 0 spiro atoms. The molecule has 6 nitrogen and oxygen atoms in total. The van der Waals surface area contributed by atoms with Crippen molar-refractivity contribution >= 4 is 22.8 Å². The molecule has 0 bridgehead atoms. The van der Waals surface area contributed by atoms with Crippen LogP contribution in [0.2, 0.25) is 0 Å². The number of aryl methyl sites for hydroxylation is 1. The molecule has 3 rings (SSSR count). The molecule has 2 heterocycles. The molecule has 146 valence electrons. The van der Waals surface area contributed by atoms with E-state index in [1.165, 1.54) is 0 Å². The molecule has 1 saturated heterocycles. The molecule has 1 aromatic heterocycles. The van der Waals surface area contributed by atoms with Gasteiger partial charge in [-0.05, 0) is 45.4 Å². The van der Waals surface area contributed by atoms with Crippen LogP contribution in [0.4, 0.5) is 0 Å². The Hall–Kier alpha value is -2.37. The van der Waals surface area contributed by atoms with Gasteiger partial charge in [-0.2, -0.15) is 0 Å². The minimum atomic E-state index is -0.00559. The molecular weight excluding hydrogens is 340 g/mol. The summed E-state index contributed by atoms with van der Waals surface area (Å²) in [4.78, 5) is 33.6. The number of rotatable bonds is 3. The van der Waals surface area contributed by atoms with E-state index in [1.807, 2.05) is 48.8 Å². The van der Waals surface area contributed by atoms with Crippen molar-refractivity contribution in [2.24, 2.45) is 5.92 Å². The molecule has 0 aliphatic carbocycles. The van der Waals surface area contributed by atoms with Gasteiger partial charge in [-0.3, -0.25) is 9.59 Å². The first-order valence-electron chi connectivity index (χ1n) is 9.86. The maximum absolute atomic E-state index is 13.0. The maximum Gasteiger partial charge on any atom is 0.253 e. The molecule has 0 saturated carbocycles. The number of fused-ring (bicyclic) bond motifs is 1. The lowest BCUT2D eigenvalue weighted by atomic mass is 10.1. The van der Waals surface area contributed by atoms with E-state index in [9.17, 15) is 9.59 Å². The van der Waals surface area contributed by atoms with Crippen LogP contribution in [0.25, 0.3) is 11.0 Å². The lowest BCUT2D eigenvalue weighted by molar-refractivity contribution is -0.134. The van der Waals surface area contributed by atoms with Crippen molar-refractivity contribution < 1.29 is 9.59 Å². The summed E-state index contributed by atoms with van der Waals surface area (Å²) in [6.45, 7) is 12.7. The van der Waals surface area contributed by atoms with Crippen molar-refractivity contribution in [1.82, 2.24) is 19.4 Å². The number of carbonyl (C=O) groups is 2. The third-order valence-electron chi connectivity index (χ3n) is 5.22. The predicted octanol–water partition coefficient (Wildman–Crippen LogP) is 3.26. The minimum Gasteiger partial charge on any atom is -0.341 e. The Kier molecular flexibility index (Phi) is 5.53. The summed E-state index contributed by atoms with van der Waals surface area (Å²) in [6, 6.07) is 6.11.